The van der Waals surface area contributed by atoms with Crippen LogP contribution in [0.1, 0.15) is 24.3 Å². The van der Waals surface area contributed by atoms with Gasteiger partial charge < -0.3 is 9.84 Å². The van der Waals surface area contributed by atoms with Crippen LogP contribution in [0.25, 0.3) is 11.4 Å². The highest BCUT2D eigenvalue weighted by atomic mass is 35.5. The maximum atomic E-state index is 13.7. The zero-order valence-corrected chi connectivity index (χ0v) is 19.7. The van der Waals surface area contributed by atoms with E-state index >= 15 is 0 Å². The second kappa shape index (κ2) is 11.6. The minimum Gasteiger partial charge on any atom is -0.355 e. The highest BCUT2D eigenvalue weighted by molar-refractivity contribution is 7.98. The number of carbonyl (C=O) groups is 1. The Morgan fingerprint density at radius 1 is 1.24 bits per heavy atom. The molecule has 2 heterocycles. The molecule has 0 aliphatic carbocycles. The van der Waals surface area contributed by atoms with Crippen molar-refractivity contribution in [2.24, 2.45) is 5.92 Å². The molecule has 1 atom stereocenters. The van der Waals surface area contributed by atoms with E-state index in [0.717, 1.165) is 30.7 Å². The highest BCUT2D eigenvalue weighted by Crippen LogP contribution is 2.22. The molecule has 2 aromatic carbocycles. The molecule has 1 amide bonds. The maximum absolute atomic E-state index is 13.7. The molecule has 1 aliphatic heterocycles. The molecule has 1 N–H and O–H groups in total. The van der Waals surface area contributed by atoms with E-state index in [9.17, 15) is 9.18 Å². The van der Waals surface area contributed by atoms with Crippen molar-refractivity contribution in [3.63, 3.8) is 0 Å². The molecule has 4 rings (SSSR count). The van der Waals surface area contributed by atoms with Crippen molar-refractivity contribution in [3.05, 3.63) is 70.8 Å². The Morgan fingerprint density at radius 3 is 2.88 bits per heavy atom. The maximum Gasteiger partial charge on any atom is 0.241 e. The van der Waals surface area contributed by atoms with Crippen LogP contribution in [0.15, 0.2) is 53.1 Å². The van der Waals surface area contributed by atoms with Gasteiger partial charge in [-0.3, -0.25) is 9.69 Å². The van der Waals surface area contributed by atoms with Gasteiger partial charge in [0.25, 0.3) is 0 Å². The molecule has 1 fully saturated rings. The van der Waals surface area contributed by atoms with Crippen LogP contribution in [-0.2, 0) is 17.1 Å². The minimum absolute atomic E-state index is 0.0611. The number of piperidine rings is 1. The number of likely N-dealkylation sites (tertiary alicyclic amines) is 1. The Morgan fingerprint density at radius 2 is 2.06 bits per heavy atom. The molecule has 0 bridgehead atoms. The van der Waals surface area contributed by atoms with Crippen molar-refractivity contribution < 1.29 is 13.7 Å². The molecule has 6 nitrogen and oxygen atoms in total. The van der Waals surface area contributed by atoms with Crippen LogP contribution >= 0.6 is 23.4 Å². The van der Waals surface area contributed by atoms with Crippen LogP contribution < -0.4 is 5.32 Å². The molecule has 0 spiro atoms. The fourth-order valence-corrected chi connectivity index (χ4v) is 4.80. The first-order chi connectivity index (χ1) is 16.1. The Kier molecular flexibility index (Phi) is 8.36. The van der Waals surface area contributed by atoms with Crippen LogP contribution in [0.4, 0.5) is 4.39 Å². The van der Waals surface area contributed by atoms with E-state index < -0.39 is 0 Å². The molecule has 174 valence electrons. The van der Waals surface area contributed by atoms with E-state index in [0.29, 0.717) is 47.7 Å². The molecular formula is C24H26ClFN4O2S. The quantitative estimate of drug-likeness (QED) is 0.437. The van der Waals surface area contributed by atoms with Gasteiger partial charge >= 0.3 is 0 Å². The van der Waals surface area contributed by atoms with Crippen LogP contribution in [-0.4, -0.2) is 46.3 Å². The lowest BCUT2D eigenvalue weighted by molar-refractivity contribution is -0.126. The summed E-state index contributed by atoms with van der Waals surface area (Å²) in [6.07, 6.45) is 1.81. The zero-order valence-electron chi connectivity index (χ0n) is 18.2. The summed E-state index contributed by atoms with van der Waals surface area (Å²) in [5.74, 6) is 2.23. The summed E-state index contributed by atoms with van der Waals surface area (Å²) in [6, 6.07) is 14.1. The number of nitrogens with one attached hydrogen (secondary N) is 1. The van der Waals surface area contributed by atoms with E-state index in [-0.39, 0.29) is 17.6 Å². The van der Waals surface area contributed by atoms with E-state index in [1.807, 2.05) is 18.2 Å². The molecule has 33 heavy (non-hydrogen) atoms. The molecule has 9 heteroatoms. The van der Waals surface area contributed by atoms with Gasteiger partial charge in [-0.15, -0.1) is 0 Å². The smallest absolute Gasteiger partial charge is 0.241 e. The number of halogens is 2. The molecule has 0 saturated carbocycles. The fourth-order valence-electron chi connectivity index (χ4n) is 3.83. The van der Waals surface area contributed by atoms with E-state index in [2.05, 4.69) is 20.4 Å². The Bertz CT molecular complexity index is 1060. The first kappa shape index (κ1) is 23.7. The van der Waals surface area contributed by atoms with Crippen molar-refractivity contribution >= 4 is 29.3 Å². The van der Waals surface area contributed by atoms with Gasteiger partial charge in [0.05, 0.1) is 12.5 Å². The first-order valence-electron chi connectivity index (χ1n) is 11.0. The molecule has 1 aliphatic rings. The number of benzene rings is 2. The Balaban J connectivity index is 1.20. The van der Waals surface area contributed by atoms with E-state index in [1.165, 1.54) is 6.07 Å². The molecule has 1 aromatic heterocycles. The summed E-state index contributed by atoms with van der Waals surface area (Å²) < 4.78 is 19.1. The largest absolute Gasteiger partial charge is 0.355 e. The van der Waals surface area contributed by atoms with Crippen molar-refractivity contribution in [1.29, 1.82) is 0 Å². The van der Waals surface area contributed by atoms with Gasteiger partial charge in [-0.25, -0.2) is 4.39 Å². The van der Waals surface area contributed by atoms with Crippen LogP contribution in [0.2, 0.25) is 5.02 Å². The summed E-state index contributed by atoms with van der Waals surface area (Å²) in [7, 11) is 0. The average Bonchev–Trinajstić information content (AvgIpc) is 3.29. The predicted octanol–water partition coefficient (Wildman–Crippen LogP) is 4.79. The van der Waals surface area contributed by atoms with Crippen molar-refractivity contribution in [2.45, 2.75) is 25.1 Å². The summed E-state index contributed by atoms with van der Waals surface area (Å²) in [6.45, 7) is 2.64. The molecule has 1 unspecified atom stereocenters. The first-order valence-corrected chi connectivity index (χ1v) is 12.5. The third kappa shape index (κ3) is 6.79. The van der Waals surface area contributed by atoms with E-state index in [4.69, 9.17) is 16.1 Å². The van der Waals surface area contributed by atoms with Crippen molar-refractivity contribution in [2.75, 3.05) is 25.4 Å². The lowest BCUT2D eigenvalue weighted by atomic mass is 9.97. The number of nitrogens with zero attached hydrogens (tertiary/aromatic N) is 3. The monoisotopic (exact) mass is 488 g/mol. The number of thioether (sulfide) groups is 1. The summed E-state index contributed by atoms with van der Waals surface area (Å²) in [5, 5.41) is 7.74. The Labute approximate surface area is 201 Å². The lowest BCUT2D eigenvalue weighted by Crippen LogP contribution is -2.43. The number of amides is 1. The van der Waals surface area contributed by atoms with E-state index in [1.54, 1.807) is 36.0 Å². The summed E-state index contributed by atoms with van der Waals surface area (Å²) in [5.41, 5.74) is 1.54. The van der Waals surface area contributed by atoms with Gasteiger partial charge in [0.15, 0.2) is 0 Å². The number of carbonyl (C=O) groups excluding carboxylic acids is 1. The molecule has 0 radical (unpaired) electrons. The number of rotatable bonds is 9. The zero-order chi connectivity index (χ0) is 23.0. The van der Waals surface area contributed by atoms with Crippen molar-refractivity contribution in [1.82, 2.24) is 20.4 Å². The highest BCUT2D eigenvalue weighted by Gasteiger charge is 2.26. The average molecular weight is 489 g/mol. The van der Waals surface area contributed by atoms with Crippen molar-refractivity contribution in [3.8, 4) is 11.4 Å². The summed E-state index contributed by atoms with van der Waals surface area (Å²) >= 11 is 7.54. The van der Waals surface area contributed by atoms with Crippen LogP contribution in [0.5, 0.6) is 0 Å². The normalized spacial score (nSPS) is 16.6. The molecule has 3 aromatic rings. The minimum atomic E-state index is -0.183. The third-order valence-electron chi connectivity index (χ3n) is 5.57. The standard InChI is InChI=1S/C24H26ClFN4O2S/c25-20-9-7-17(8-10-20)23-28-22(32-29-23)15-30-12-3-5-18(14-30)24(31)27-11-13-33-16-19-4-1-2-6-21(19)26/h1-2,4,6-10,18H,3,5,11-16H2,(H,27,31). The van der Waals surface area contributed by atoms with Crippen LogP contribution in [0.3, 0.4) is 0 Å². The van der Waals surface area contributed by atoms with Gasteiger partial charge in [0.2, 0.25) is 17.6 Å². The summed E-state index contributed by atoms with van der Waals surface area (Å²) in [4.78, 5) is 19.3. The topological polar surface area (TPSA) is 71.3 Å². The van der Waals surface area contributed by atoms with Gasteiger partial charge in [-0.05, 0) is 55.3 Å². The number of hydrogen-bond donors (Lipinski definition) is 1. The fraction of sp³-hybridized carbons (Fsp3) is 0.375. The molecular weight excluding hydrogens is 463 g/mol. The van der Waals surface area contributed by atoms with Gasteiger partial charge in [0.1, 0.15) is 5.82 Å². The Hall–Kier alpha value is -2.42. The predicted molar refractivity (Wildman–Crippen MR) is 128 cm³/mol. The van der Waals surface area contributed by atoms with Gasteiger partial charge in [-0.2, -0.15) is 16.7 Å². The third-order valence-corrected chi connectivity index (χ3v) is 6.83. The van der Waals surface area contributed by atoms with Gasteiger partial charge in [-0.1, -0.05) is 35.0 Å². The SMILES string of the molecule is O=C(NCCSCc1ccccc1F)C1CCCN(Cc2nc(-c3ccc(Cl)cc3)no2)C1. The number of hydrogen-bond acceptors (Lipinski definition) is 6. The van der Waals surface area contributed by atoms with Crippen LogP contribution in [0, 0.1) is 11.7 Å². The second-order valence-electron chi connectivity index (χ2n) is 8.03. The number of aromatic nitrogens is 2. The lowest BCUT2D eigenvalue weighted by Gasteiger charge is -2.30. The second-order valence-corrected chi connectivity index (χ2v) is 9.57. The van der Waals surface area contributed by atoms with Gasteiger partial charge in [0, 0.05) is 35.2 Å². The molecule has 1 saturated heterocycles.